The van der Waals surface area contributed by atoms with Gasteiger partial charge in [0.25, 0.3) is 0 Å². The predicted octanol–water partition coefficient (Wildman–Crippen LogP) is 4.93. The van der Waals surface area contributed by atoms with E-state index >= 15 is 0 Å². The number of morpholine rings is 1. The van der Waals surface area contributed by atoms with Crippen molar-refractivity contribution in [3.05, 3.63) is 106 Å². The third kappa shape index (κ3) is 7.34. The Kier molecular flexibility index (Phi) is 9.60. The van der Waals surface area contributed by atoms with E-state index in [2.05, 4.69) is 15.5 Å². The summed E-state index contributed by atoms with van der Waals surface area (Å²) in [6.45, 7) is 3.52. The third-order valence-electron chi connectivity index (χ3n) is 7.50. The highest BCUT2D eigenvalue weighted by Gasteiger charge is 2.33. The lowest BCUT2D eigenvalue weighted by Gasteiger charge is -2.30. The fourth-order valence-electron chi connectivity index (χ4n) is 5.41. The third-order valence-corrected chi connectivity index (χ3v) is 8.00. The lowest BCUT2D eigenvalue weighted by Crippen LogP contribution is -2.55. The topological polar surface area (TPSA) is 73.9 Å². The van der Waals surface area contributed by atoms with E-state index in [9.17, 15) is 9.59 Å². The van der Waals surface area contributed by atoms with Crippen LogP contribution < -0.4 is 10.6 Å². The van der Waals surface area contributed by atoms with Crippen LogP contribution in [0.25, 0.3) is 0 Å². The number of hydrogen-bond acceptors (Lipinski definition) is 4. The largest absolute Gasteiger partial charge is 0.378 e. The van der Waals surface area contributed by atoms with Crippen molar-refractivity contribution in [2.75, 3.05) is 39.4 Å². The predicted molar refractivity (Wildman–Crippen MR) is 158 cm³/mol. The van der Waals surface area contributed by atoms with Gasteiger partial charge >= 0.3 is 6.03 Å². The van der Waals surface area contributed by atoms with E-state index in [1.54, 1.807) is 4.90 Å². The SMILES string of the molecule is O=C(N[C@@H]1CCN(C(c2ccc(Cl)cc2)c2ccc(Cl)cc2)C1)[C@H](Cc1ccccc1)NC(=O)N1CCOCC1. The van der Waals surface area contributed by atoms with Crippen LogP contribution in [0.15, 0.2) is 78.9 Å². The number of urea groups is 1. The first-order valence-corrected chi connectivity index (χ1v) is 14.4. The lowest BCUT2D eigenvalue weighted by atomic mass is 9.97. The van der Waals surface area contributed by atoms with Crippen molar-refractivity contribution >= 4 is 35.1 Å². The quantitative estimate of drug-likeness (QED) is 0.396. The second-order valence-electron chi connectivity index (χ2n) is 10.3. The monoisotopic (exact) mass is 580 g/mol. The Morgan fingerprint density at radius 1 is 0.850 bits per heavy atom. The number of nitrogens with zero attached hydrogens (tertiary/aromatic N) is 2. The highest BCUT2D eigenvalue weighted by atomic mass is 35.5. The highest BCUT2D eigenvalue weighted by Crippen LogP contribution is 2.33. The number of halogens is 2. The summed E-state index contributed by atoms with van der Waals surface area (Å²) in [6, 6.07) is 24.6. The van der Waals surface area contributed by atoms with Gasteiger partial charge in [-0.15, -0.1) is 0 Å². The minimum Gasteiger partial charge on any atom is -0.378 e. The summed E-state index contributed by atoms with van der Waals surface area (Å²) in [5, 5.41) is 7.60. The lowest BCUT2D eigenvalue weighted by molar-refractivity contribution is -0.123. The molecular weight excluding hydrogens is 547 g/mol. The van der Waals surface area contributed by atoms with Crippen molar-refractivity contribution in [3.8, 4) is 0 Å². The summed E-state index contributed by atoms with van der Waals surface area (Å²) in [4.78, 5) is 30.7. The Morgan fingerprint density at radius 3 is 2.05 bits per heavy atom. The summed E-state index contributed by atoms with van der Waals surface area (Å²) in [7, 11) is 0. The summed E-state index contributed by atoms with van der Waals surface area (Å²) >= 11 is 12.4. The molecule has 0 radical (unpaired) electrons. The van der Waals surface area contributed by atoms with Gasteiger partial charge in [-0.25, -0.2) is 4.79 Å². The number of likely N-dealkylation sites (tertiary alicyclic amines) is 1. The van der Waals surface area contributed by atoms with E-state index in [1.807, 2.05) is 78.9 Å². The maximum Gasteiger partial charge on any atom is 0.318 e. The van der Waals surface area contributed by atoms with Gasteiger partial charge in [0, 0.05) is 48.7 Å². The van der Waals surface area contributed by atoms with Crippen molar-refractivity contribution < 1.29 is 14.3 Å². The maximum absolute atomic E-state index is 13.6. The van der Waals surface area contributed by atoms with Gasteiger partial charge in [0.2, 0.25) is 5.91 Å². The molecule has 9 heteroatoms. The van der Waals surface area contributed by atoms with E-state index in [-0.39, 0.29) is 24.0 Å². The van der Waals surface area contributed by atoms with E-state index in [4.69, 9.17) is 27.9 Å². The molecule has 2 saturated heterocycles. The molecular formula is C31H34Cl2N4O3. The molecule has 0 bridgehead atoms. The number of nitrogens with one attached hydrogen (secondary N) is 2. The summed E-state index contributed by atoms with van der Waals surface area (Å²) in [5.74, 6) is -0.174. The first-order chi connectivity index (χ1) is 19.5. The second kappa shape index (κ2) is 13.5. The number of amides is 3. The van der Waals surface area contributed by atoms with Crippen molar-refractivity contribution in [1.29, 1.82) is 0 Å². The van der Waals surface area contributed by atoms with Crippen molar-refractivity contribution in [2.45, 2.75) is 31.0 Å². The van der Waals surface area contributed by atoms with E-state index in [0.29, 0.717) is 49.3 Å². The number of hydrogen-bond donors (Lipinski definition) is 2. The van der Waals surface area contributed by atoms with E-state index in [0.717, 1.165) is 29.7 Å². The fourth-order valence-corrected chi connectivity index (χ4v) is 5.66. The standard InChI is InChI=1S/C31H34Cl2N4O3/c32-25-10-6-23(7-11-25)29(24-8-12-26(33)13-9-24)37-15-14-27(21-37)34-30(38)28(20-22-4-2-1-3-5-22)35-31(39)36-16-18-40-19-17-36/h1-13,27-29H,14-21H2,(H,34,38)(H,35,39)/t27-,28+/m1/s1. The van der Waals surface area contributed by atoms with Crippen LogP contribution in [0.3, 0.4) is 0 Å². The van der Waals surface area contributed by atoms with Gasteiger partial charge in [-0.05, 0) is 47.4 Å². The second-order valence-corrected chi connectivity index (χ2v) is 11.2. The molecule has 0 aromatic heterocycles. The van der Waals surface area contributed by atoms with E-state index in [1.165, 1.54) is 0 Å². The van der Waals surface area contributed by atoms with Crippen LogP contribution in [0.1, 0.15) is 29.2 Å². The van der Waals surface area contributed by atoms with Crippen molar-refractivity contribution in [3.63, 3.8) is 0 Å². The molecule has 210 valence electrons. The van der Waals surface area contributed by atoms with Crippen molar-refractivity contribution in [1.82, 2.24) is 20.4 Å². The number of carbonyl (C=O) groups excluding carboxylic acids is 2. The normalized spacial score (nSPS) is 18.5. The molecule has 2 aliphatic heterocycles. The molecule has 3 aromatic carbocycles. The molecule has 0 spiro atoms. The van der Waals surface area contributed by atoms with Crippen molar-refractivity contribution in [2.24, 2.45) is 0 Å². The Morgan fingerprint density at radius 2 is 1.45 bits per heavy atom. The average molecular weight is 582 g/mol. The van der Waals surface area contributed by atoms with Gasteiger partial charge in [-0.1, -0.05) is 77.8 Å². The first-order valence-electron chi connectivity index (χ1n) is 13.7. The molecule has 0 unspecified atom stereocenters. The first kappa shape index (κ1) is 28.4. The Balaban J connectivity index is 1.29. The minimum atomic E-state index is -0.685. The molecule has 2 fully saturated rings. The number of carbonyl (C=O) groups is 2. The number of ether oxygens (including phenoxy) is 1. The van der Waals surface area contributed by atoms with Crippen LogP contribution in [0, 0.1) is 0 Å². The Labute approximate surface area is 245 Å². The number of benzene rings is 3. The Hall–Kier alpha value is -3.10. The summed E-state index contributed by atoms with van der Waals surface area (Å²) in [5.41, 5.74) is 3.24. The average Bonchev–Trinajstić information content (AvgIpc) is 3.43. The molecule has 2 N–H and O–H groups in total. The van der Waals surface area contributed by atoms with Crippen LogP contribution >= 0.6 is 23.2 Å². The van der Waals surface area contributed by atoms with Gasteiger partial charge in [0.05, 0.1) is 19.3 Å². The Bertz CT molecular complexity index is 1220. The molecule has 2 heterocycles. The molecule has 7 nitrogen and oxygen atoms in total. The van der Waals surface area contributed by atoms with Gasteiger partial charge in [0.15, 0.2) is 0 Å². The smallest absolute Gasteiger partial charge is 0.318 e. The van der Waals surface area contributed by atoms with Crippen LogP contribution in [0.5, 0.6) is 0 Å². The minimum absolute atomic E-state index is 0.00225. The molecule has 0 saturated carbocycles. The van der Waals surface area contributed by atoms with Crippen LogP contribution in [0.2, 0.25) is 10.0 Å². The molecule has 40 heavy (non-hydrogen) atoms. The number of rotatable bonds is 8. The van der Waals surface area contributed by atoms with Gasteiger partial charge in [-0.3, -0.25) is 9.69 Å². The molecule has 2 aliphatic rings. The van der Waals surface area contributed by atoms with Gasteiger partial charge in [0.1, 0.15) is 6.04 Å². The summed E-state index contributed by atoms with van der Waals surface area (Å²) < 4.78 is 5.37. The molecule has 3 amide bonds. The zero-order valence-electron chi connectivity index (χ0n) is 22.3. The molecule has 2 atom stereocenters. The maximum atomic E-state index is 13.6. The zero-order chi connectivity index (χ0) is 27.9. The van der Waals surface area contributed by atoms with Crippen LogP contribution in [-0.4, -0.2) is 73.2 Å². The van der Waals surface area contributed by atoms with Gasteiger partial charge < -0.3 is 20.3 Å². The molecule has 5 rings (SSSR count). The summed E-state index contributed by atoms with van der Waals surface area (Å²) in [6.07, 6.45) is 1.22. The van der Waals surface area contributed by atoms with Gasteiger partial charge in [-0.2, -0.15) is 0 Å². The molecule has 3 aromatic rings. The fraction of sp³-hybridized carbons (Fsp3) is 0.355. The van der Waals surface area contributed by atoms with E-state index < -0.39 is 6.04 Å². The highest BCUT2D eigenvalue weighted by molar-refractivity contribution is 6.30. The molecule has 0 aliphatic carbocycles. The van der Waals surface area contributed by atoms with Crippen LogP contribution in [-0.2, 0) is 16.0 Å². The van der Waals surface area contributed by atoms with Crippen LogP contribution in [0.4, 0.5) is 4.79 Å². The zero-order valence-corrected chi connectivity index (χ0v) is 23.8.